The molecule has 2 N–H and O–H groups in total. The summed E-state index contributed by atoms with van der Waals surface area (Å²) in [4.78, 5) is 29.4. The molecule has 0 radical (unpaired) electrons. The second-order valence-electron chi connectivity index (χ2n) is 7.47. The topological polar surface area (TPSA) is 64.7 Å². The van der Waals surface area contributed by atoms with Crippen LogP contribution in [0.25, 0.3) is 0 Å². The Balaban J connectivity index is 1.66. The molecule has 0 aromatic heterocycles. The van der Waals surface area contributed by atoms with Crippen LogP contribution in [0.5, 0.6) is 0 Å². The third-order valence-corrected chi connectivity index (χ3v) is 5.19. The van der Waals surface area contributed by atoms with Crippen LogP contribution in [0, 0.1) is 5.82 Å². The van der Waals surface area contributed by atoms with Crippen molar-refractivity contribution >= 4 is 17.5 Å². The summed E-state index contributed by atoms with van der Waals surface area (Å²) >= 11 is 0. The smallest absolute Gasteiger partial charge is 0.246 e. The van der Waals surface area contributed by atoms with Crippen LogP contribution in [-0.2, 0) is 9.59 Å². The number of nitrogens with zero attached hydrogens (tertiary/aromatic N) is 2. The van der Waals surface area contributed by atoms with Crippen LogP contribution in [0.1, 0.15) is 24.9 Å². The first kappa shape index (κ1) is 21.9. The maximum Gasteiger partial charge on any atom is 0.246 e. The number of anilines is 1. The lowest BCUT2D eigenvalue weighted by atomic mass is 10.0. The van der Waals surface area contributed by atoms with Crippen molar-refractivity contribution in [2.75, 3.05) is 44.6 Å². The molecule has 0 spiro atoms. The molecule has 160 valence electrons. The van der Waals surface area contributed by atoms with Crippen LogP contribution in [0.4, 0.5) is 10.1 Å². The van der Waals surface area contributed by atoms with E-state index >= 15 is 0 Å². The highest BCUT2D eigenvalue weighted by atomic mass is 19.1. The van der Waals surface area contributed by atoms with Crippen molar-refractivity contribution in [3.8, 4) is 0 Å². The summed E-state index contributed by atoms with van der Waals surface area (Å²) in [5.74, 6) is -0.451. The van der Waals surface area contributed by atoms with Crippen LogP contribution < -0.4 is 10.6 Å². The Kier molecular flexibility index (Phi) is 7.93. The highest BCUT2D eigenvalue weighted by molar-refractivity contribution is 5.95. The molecule has 1 heterocycles. The number of amides is 2. The molecule has 1 atom stereocenters. The largest absolute Gasteiger partial charge is 0.355 e. The summed E-state index contributed by atoms with van der Waals surface area (Å²) in [6, 6.07) is 15.0. The van der Waals surface area contributed by atoms with Crippen molar-refractivity contribution in [2.45, 2.75) is 19.4 Å². The summed E-state index contributed by atoms with van der Waals surface area (Å²) in [5.41, 5.74) is 1.47. The fourth-order valence-electron chi connectivity index (χ4n) is 3.61. The lowest BCUT2D eigenvalue weighted by Gasteiger charge is -2.38. The first-order valence-electron chi connectivity index (χ1n) is 10.4. The number of hydrogen-bond donors (Lipinski definition) is 2. The number of piperazine rings is 1. The van der Waals surface area contributed by atoms with Gasteiger partial charge < -0.3 is 10.6 Å². The van der Waals surface area contributed by atoms with Gasteiger partial charge in [0.15, 0.2) is 0 Å². The second kappa shape index (κ2) is 10.8. The normalized spacial score (nSPS) is 16.1. The summed E-state index contributed by atoms with van der Waals surface area (Å²) in [5, 5.41) is 5.81. The molecule has 30 heavy (non-hydrogen) atoms. The van der Waals surface area contributed by atoms with Crippen LogP contribution in [0.3, 0.4) is 0 Å². The Labute approximate surface area is 177 Å². The zero-order chi connectivity index (χ0) is 21.3. The maximum atomic E-state index is 13.2. The Hall–Kier alpha value is -2.77. The standard InChI is InChI=1S/C23H29FN4O2/c1-2-12-25-21(29)17-27-13-15-28(16-14-27)22(18-6-4-3-5-7-18)23(30)26-20-10-8-19(24)9-11-20/h3-11,22H,2,12-17H2,1H3,(H,25,29)(H,26,30)/t22-/m1/s1. The third kappa shape index (κ3) is 6.11. The molecule has 2 aromatic carbocycles. The fraction of sp³-hybridized carbons (Fsp3) is 0.391. The summed E-state index contributed by atoms with van der Waals surface area (Å²) in [6.45, 7) is 5.89. The highest BCUT2D eigenvalue weighted by Crippen LogP contribution is 2.24. The average Bonchev–Trinajstić information content (AvgIpc) is 2.76. The van der Waals surface area contributed by atoms with Crippen molar-refractivity contribution in [2.24, 2.45) is 0 Å². The van der Waals surface area contributed by atoms with Gasteiger partial charge in [-0.15, -0.1) is 0 Å². The van der Waals surface area contributed by atoms with E-state index in [-0.39, 0.29) is 17.6 Å². The summed E-state index contributed by atoms with van der Waals surface area (Å²) in [6.07, 6.45) is 0.918. The van der Waals surface area contributed by atoms with Crippen LogP contribution in [0.2, 0.25) is 0 Å². The van der Waals surface area contributed by atoms with Crippen molar-refractivity contribution in [1.29, 1.82) is 0 Å². The summed E-state index contributed by atoms with van der Waals surface area (Å²) in [7, 11) is 0. The van der Waals surface area contributed by atoms with E-state index in [9.17, 15) is 14.0 Å². The van der Waals surface area contributed by atoms with Gasteiger partial charge in [-0.1, -0.05) is 37.3 Å². The van der Waals surface area contributed by atoms with E-state index in [1.54, 1.807) is 12.1 Å². The van der Waals surface area contributed by atoms with Gasteiger partial charge in [-0.05, 0) is 36.2 Å². The minimum atomic E-state index is -0.452. The average molecular weight is 413 g/mol. The maximum absolute atomic E-state index is 13.2. The van der Waals surface area contributed by atoms with Crippen molar-refractivity contribution < 1.29 is 14.0 Å². The molecule has 2 aromatic rings. The zero-order valence-electron chi connectivity index (χ0n) is 17.3. The lowest BCUT2D eigenvalue weighted by Crippen LogP contribution is -2.52. The van der Waals surface area contributed by atoms with Gasteiger partial charge >= 0.3 is 0 Å². The number of benzene rings is 2. The van der Waals surface area contributed by atoms with E-state index in [0.717, 1.165) is 12.0 Å². The van der Waals surface area contributed by atoms with Gasteiger partial charge in [0.2, 0.25) is 11.8 Å². The first-order valence-corrected chi connectivity index (χ1v) is 10.4. The van der Waals surface area contributed by atoms with Gasteiger partial charge in [0.05, 0.1) is 6.54 Å². The van der Waals surface area contributed by atoms with Crippen molar-refractivity contribution in [3.63, 3.8) is 0 Å². The third-order valence-electron chi connectivity index (χ3n) is 5.19. The molecule has 2 amide bonds. The molecule has 7 heteroatoms. The Morgan fingerprint density at radius 3 is 2.30 bits per heavy atom. The van der Waals surface area contributed by atoms with E-state index in [1.165, 1.54) is 12.1 Å². The van der Waals surface area contributed by atoms with Crippen molar-refractivity contribution in [1.82, 2.24) is 15.1 Å². The second-order valence-corrected chi connectivity index (χ2v) is 7.47. The quantitative estimate of drug-likeness (QED) is 0.700. The van der Waals surface area contributed by atoms with Gasteiger partial charge in [-0.2, -0.15) is 0 Å². The molecule has 0 saturated carbocycles. The van der Waals surface area contributed by atoms with Crippen LogP contribution in [-0.4, -0.2) is 60.9 Å². The van der Waals surface area contributed by atoms with Crippen LogP contribution >= 0.6 is 0 Å². The number of nitrogens with one attached hydrogen (secondary N) is 2. The van der Waals surface area contributed by atoms with Gasteiger partial charge in [-0.3, -0.25) is 19.4 Å². The first-order chi connectivity index (χ1) is 14.6. The van der Waals surface area contributed by atoms with E-state index in [4.69, 9.17) is 0 Å². The summed E-state index contributed by atoms with van der Waals surface area (Å²) < 4.78 is 13.2. The molecule has 6 nitrogen and oxygen atoms in total. The predicted octanol–water partition coefficient (Wildman–Crippen LogP) is 2.65. The van der Waals surface area contributed by atoms with Crippen molar-refractivity contribution in [3.05, 3.63) is 66.0 Å². The molecule has 1 aliphatic rings. The minimum Gasteiger partial charge on any atom is -0.355 e. The molecule has 1 saturated heterocycles. The Morgan fingerprint density at radius 2 is 1.67 bits per heavy atom. The monoisotopic (exact) mass is 412 g/mol. The number of carbonyl (C=O) groups excluding carboxylic acids is 2. The molecular weight excluding hydrogens is 383 g/mol. The molecule has 0 aliphatic carbocycles. The minimum absolute atomic E-state index is 0.0407. The van der Waals surface area contributed by atoms with E-state index < -0.39 is 6.04 Å². The molecule has 0 bridgehead atoms. The molecule has 3 rings (SSSR count). The SMILES string of the molecule is CCCNC(=O)CN1CCN([C@@H](C(=O)Nc2ccc(F)cc2)c2ccccc2)CC1. The molecule has 1 aliphatic heterocycles. The zero-order valence-corrected chi connectivity index (χ0v) is 17.3. The van der Waals surface area contributed by atoms with Gasteiger partial charge in [0, 0.05) is 38.4 Å². The molecular formula is C23H29FN4O2. The lowest BCUT2D eigenvalue weighted by molar-refractivity contribution is -0.125. The predicted molar refractivity (Wildman–Crippen MR) is 116 cm³/mol. The van der Waals surface area contributed by atoms with Crippen LogP contribution in [0.15, 0.2) is 54.6 Å². The van der Waals surface area contributed by atoms with E-state index in [1.807, 2.05) is 37.3 Å². The van der Waals surface area contributed by atoms with E-state index in [2.05, 4.69) is 20.4 Å². The fourth-order valence-corrected chi connectivity index (χ4v) is 3.61. The number of carbonyl (C=O) groups is 2. The number of halogens is 1. The van der Waals surface area contributed by atoms with Gasteiger partial charge in [0.25, 0.3) is 0 Å². The molecule has 0 unspecified atom stereocenters. The van der Waals surface area contributed by atoms with E-state index in [0.29, 0.717) is 45.0 Å². The van der Waals surface area contributed by atoms with Gasteiger partial charge in [0.1, 0.15) is 11.9 Å². The Bertz CT molecular complexity index is 821. The van der Waals surface area contributed by atoms with Gasteiger partial charge in [-0.25, -0.2) is 4.39 Å². The number of rotatable bonds is 8. The Morgan fingerprint density at radius 1 is 1.00 bits per heavy atom. The molecule has 1 fully saturated rings. The highest BCUT2D eigenvalue weighted by Gasteiger charge is 2.31. The number of hydrogen-bond acceptors (Lipinski definition) is 4.